The molecule has 4 aliphatic rings. The zero-order valence-corrected chi connectivity index (χ0v) is 16.6. The highest BCUT2D eigenvalue weighted by atomic mass is 16.6. The van der Waals surface area contributed by atoms with Crippen LogP contribution in [-0.2, 0) is 9.53 Å². The van der Waals surface area contributed by atoms with Gasteiger partial charge in [-0.05, 0) is 69.2 Å². The normalized spacial score (nSPS) is 27.0. The molecule has 0 aromatic carbocycles. The molecule has 0 spiro atoms. The first kappa shape index (κ1) is 18.6. The fourth-order valence-electron chi connectivity index (χ4n) is 4.17. The van der Waals surface area contributed by atoms with Crippen LogP contribution in [0, 0.1) is 17.8 Å². The van der Waals surface area contributed by atoms with Crippen molar-refractivity contribution >= 4 is 12.0 Å². The monoisotopic (exact) mass is 381 g/mol. The number of hydrogen-bond donors (Lipinski definition) is 1. The first-order valence-corrected chi connectivity index (χ1v) is 9.90. The lowest BCUT2D eigenvalue weighted by Crippen LogP contribution is -2.37. The number of nitrogens with zero attached hydrogens (tertiary/aromatic N) is 2. The SMILES string of the molecule is CC(C)(C)OC(=O)N1C[C@@H]2C(CCNC(=O)C3=CN4C=CC=C=C4C=C3)[C@@H]2C1. The Hall–Kier alpha value is -2.72. The Kier molecular flexibility index (Phi) is 4.68. The molecule has 6 heteroatoms. The molecule has 1 aliphatic carbocycles. The van der Waals surface area contributed by atoms with Crippen molar-refractivity contribution < 1.29 is 14.3 Å². The van der Waals surface area contributed by atoms with E-state index < -0.39 is 5.60 Å². The minimum absolute atomic E-state index is 0.0561. The van der Waals surface area contributed by atoms with Crippen LogP contribution in [0.15, 0.2) is 53.7 Å². The third kappa shape index (κ3) is 3.92. The van der Waals surface area contributed by atoms with Gasteiger partial charge in [-0.1, -0.05) is 5.73 Å². The Morgan fingerprint density at radius 1 is 1.25 bits per heavy atom. The zero-order chi connectivity index (χ0) is 19.9. The molecule has 1 saturated heterocycles. The molecule has 3 heterocycles. The van der Waals surface area contributed by atoms with Crippen molar-refractivity contribution in [2.24, 2.45) is 17.8 Å². The summed E-state index contributed by atoms with van der Waals surface area (Å²) in [5.41, 5.74) is 4.25. The van der Waals surface area contributed by atoms with E-state index in [2.05, 4.69) is 11.0 Å². The van der Waals surface area contributed by atoms with Gasteiger partial charge in [-0.3, -0.25) is 4.79 Å². The number of carbonyl (C=O) groups excluding carboxylic acids is 2. The van der Waals surface area contributed by atoms with E-state index in [0.717, 1.165) is 25.2 Å². The van der Waals surface area contributed by atoms with E-state index in [1.165, 1.54) is 0 Å². The quantitative estimate of drug-likeness (QED) is 0.761. The van der Waals surface area contributed by atoms with Crippen LogP contribution in [0.4, 0.5) is 4.79 Å². The second-order valence-corrected chi connectivity index (χ2v) is 8.78. The smallest absolute Gasteiger partial charge is 0.410 e. The molecule has 0 aromatic rings. The molecule has 1 unspecified atom stereocenters. The Balaban J connectivity index is 1.19. The Labute approximate surface area is 165 Å². The molecule has 1 saturated carbocycles. The molecule has 148 valence electrons. The van der Waals surface area contributed by atoms with Crippen LogP contribution in [0.5, 0.6) is 0 Å². The van der Waals surface area contributed by atoms with Crippen LogP contribution in [0.1, 0.15) is 27.2 Å². The summed E-state index contributed by atoms with van der Waals surface area (Å²) in [5, 5.41) is 3.02. The maximum absolute atomic E-state index is 12.4. The fraction of sp³-hybridized carbons (Fsp3) is 0.500. The van der Waals surface area contributed by atoms with E-state index in [1.54, 1.807) is 0 Å². The van der Waals surface area contributed by atoms with Crippen molar-refractivity contribution in [3.63, 3.8) is 0 Å². The van der Waals surface area contributed by atoms with E-state index in [-0.39, 0.29) is 12.0 Å². The van der Waals surface area contributed by atoms with Crippen molar-refractivity contribution in [2.45, 2.75) is 32.8 Å². The average molecular weight is 381 g/mol. The highest BCUT2D eigenvalue weighted by Crippen LogP contribution is 2.53. The molecule has 3 atom stereocenters. The van der Waals surface area contributed by atoms with Gasteiger partial charge in [-0.2, -0.15) is 0 Å². The number of hydrogen-bond acceptors (Lipinski definition) is 4. The van der Waals surface area contributed by atoms with Crippen LogP contribution in [0.3, 0.4) is 0 Å². The average Bonchev–Trinajstić information content (AvgIpc) is 3.09. The fourth-order valence-corrected chi connectivity index (χ4v) is 4.17. The zero-order valence-electron chi connectivity index (χ0n) is 16.6. The lowest BCUT2D eigenvalue weighted by Gasteiger charge is -2.26. The standard InChI is InChI=1S/C22H27N3O3/c1-22(2,3)28-21(27)25-13-18-17(19(18)14-25)9-10-23-20(26)15-7-8-16-6-4-5-11-24(16)12-15/h4-5,7-8,11-12,17-19H,9-10,13-14H2,1-3H3,(H,23,26)/t17?,18-,19+. The second kappa shape index (κ2) is 7.02. The molecule has 6 nitrogen and oxygen atoms in total. The highest BCUT2D eigenvalue weighted by Gasteiger charge is 2.56. The first-order chi connectivity index (χ1) is 13.3. The molecular formula is C22H27N3O3. The van der Waals surface area contributed by atoms with Gasteiger partial charge in [-0.25, -0.2) is 4.79 Å². The van der Waals surface area contributed by atoms with E-state index in [1.807, 2.05) is 67.3 Å². The summed E-state index contributed by atoms with van der Waals surface area (Å²) >= 11 is 0. The third-order valence-corrected chi connectivity index (χ3v) is 5.60. The molecule has 2 fully saturated rings. The topological polar surface area (TPSA) is 61.9 Å². The van der Waals surface area contributed by atoms with Gasteiger partial charge in [0.05, 0.1) is 11.3 Å². The predicted molar refractivity (Wildman–Crippen MR) is 106 cm³/mol. The van der Waals surface area contributed by atoms with Crippen molar-refractivity contribution in [2.75, 3.05) is 19.6 Å². The van der Waals surface area contributed by atoms with Crippen LogP contribution in [0.2, 0.25) is 0 Å². The minimum Gasteiger partial charge on any atom is -0.444 e. The first-order valence-electron chi connectivity index (χ1n) is 9.90. The van der Waals surface area contributed by atoms with Crippen LogP contribution < -0.4 is 5.32 Å². The Morgan fingerprint density at radius 3 is 2.71 bits per heavy atom. The predicted octanol–water partition coefficient (Wildman–Crippen LogP) is 2.93. The summed E-state index contributed by atoms with van der Waals surface area (Å²) in [6.45, 7) is 7.87. The number of nitrogens with one attached hydrogen (secondary N) is 1. The number of allylic oxidation sites excluding steroid dienone is 2. The highest BCUT2D eigenvalue weighted by molar-refractivity contribution is 5.96. The van der Waals surface area contributed by atoms with E-state index in [0.29, 0.717) is 29.9 Å². The Bertz CT molecular complexity index is 828. The van der Waals surface area contributed by atoms with E-state index in [9.17, 15) is 9.59 Å². The van der Waals surface area contributed by atoms with Gasteiger partial charge < -0.3 is 19.9 Å². The summed E-state index contributed by atoms with van der Waals surface area (Å²) < 4.78 is 5.44. The number of likely N-dealkylation sites (tertiary alicyclic amines) is 1. The summed E-state index contributed by atoms with van der Waals surface area (Å²) in [4.78, 5) is 28.2. The van der Waals surface area contributed by atoms with Gasteiger partial charge in [-0.15, -0.1) is 0 Å². The van der Waals surface area contributed by atoms with Gasteiger partial charge in [0.1, 0.15) is 5.60 Å². The maximum atomic E-state index is 12.4. The van der Waals surface area contributed by atoms with Gasteiger partial charge >= 0.3 is 6.09 Å². The maximum Gasteiger partial charge on any atom is 0.410 e. The molecule has 0 bridgehead atoms. The van der Waals surface area contributed by atoms with Crippen LogP contribution in [-0.4, -0.2) is 47.0 Å². The summed E-state index contributed by atoms with van der Waals surface area (Å²) in [6, 6.07) is 0. The summed E-state index contributed by atoms with van der Waals surface area (Å²) in [7, 11) is 0. The summed E-state index contributed by atoms with van der Waals surface area (Å²) in [6.07, 6.45) is 11.9. The molecule has 4 rings (SSSR count). The molecule has 28 heavy (non-hydrogen) atoms. The molecular weight excluding hydrogens is 354 g/mol. The van der Waals surface area contributed by atoms with E-state index >= 15 is 0 Å². The number of carbonyl (C=O) groups is 2. The summed E-state index contributed by atoms with van der Waals surface area (Å²) in [5.74, 6) is 1.64. The lowest BCUT2D eigenvalue weighted by molar-refractivity contribution is -0.117. The number of rotatable bonds is 4. The third-order valence-electron chi connectivity index (χ3n) is 5.60. The van der Waals surface area contributed by atoms with Crippen molar-refractivity contribution in [3.05, 3.63) is 53.7 Å². The van der Waals surface area contributed by atoms with Crippen LogP contribution >= 0.6 is 0 Å². The Morgan fingerprint density at radius 2 is 2.00 bits per heavy atom. The van der Waals surface area contributed by atoms with Crippen molar-refractivity contribution in [1.29, 1.82) is 0 Å². The van der Waals surface area contributed by atoms with E-state index in [4.69, 9.17) is 4.74 Å². The number of amides is 2. The number of ether oxygens (including phenoxy) is 1. The molecule has 1 N–H and O–H groups in total. The van der Waals surface area contributed by atoms with Gasteiger partial charge in [0.2, 0.25) is 0 Å². The number of piperidine rings is 1. The van der Waals surface area contributed by atoms with Crippen molar-refractivity contribution in [1.82, 2.24) is 15.1 Å². The van der Waals surface area contributed by atoms with Crippen molar-refractivity contribution in [3.8, 4) is 0 Å². The number of fused-ring (bicyclic) bond motifs is 2. The largest absolute Gasteiger partial charge is 0.444 e. The van der Waals surface area contributed by atoms with Crippen LogP contribution in [0.25, 0.3) is 0 Å². The lowest BCUT2D eigenvalue weighted by atomic mass is 10.1. The molecule has 3 aliphatic heterocycles. The molecule has 0 radical (unpaired) electrons. The molecule has 2 amide bonds. The van der Waals surface area contributed by atoms with Gasteiger partial charge in [0.15, 0.2) is 0 Å². The van der Waals surface area contributed by atoms with Gasteiger partial charge in [0.25, 0.3) is 5.91 Å². The minimum atomic E-state index is -0.452. The second-order valence-electron chi connectivity index (χ2n) is 8.78. The molecule has 0 aromatic heterocycles. The van der Waals surface area contributed by atoms with Gasteiger partial charge in [0, 0.05) is 32.0 Å².